The van der Waals surface area contributed by atoms with E-state index in [9.17, 15) is 13.2 Å². The molecule has 2 N–H and O–H groups in total. The number of hydrogen-bond acceptors (Lipinski definition) is 4. The van der Waals surface area contributed by atoms with Gasteiger partial charge in [-0.15, -0.1) is 11.3 Å². The highest BCUT2D eigenvalue weighted by molar-refractivity contribution is 7.09. The summed E-state index contributed by atoms with van der Waals surface area (Å²) in [5.41, 5.74) is 0.111. The molecule has 2 aromatic heterocycles. The van der Waals surface area contributed by atoms with Crippen molar-refractivity contribution < 1.29 is 13.2 Å². The van der Waals surface area contributed by atoms with Crippen molar-refractivity contribution in [1.82, 2.24) is 25.4 Å². The molecule has 3 aromatic rings. The number of halogens is 4. The Bertz CT molecular complexity index is 937. The Morgan fingerprint density at radius 2 is 2.03 bits per heavy atom. The zero-order valence-corrected chi connectivity index (χ0v) is 16.9. The molecule has 3 rings (SSSR count). The number of nitrogens with one attached hydrogen (secondary N) is 2. The van der Waals surface area contributed by atoms with Gasteiger partial charge >= 0.3 is 6.18 Å². The van der Waals surface area contributed by atoms with Crippen LogP contribution < -0.4 is 10.6 Å². The number of aliphatic imine (C=N–C) groups is 1. The van der Waals surface area contributed by atoms with E-state index in [1.165, 1.54) is 0 Å². The van der Waals surface area contributed by atoms with Gasteiger partial charge in [0.15, 0.2) is 11.7 Å². The Balaban J connectivity index is 1.63. The summed E-state index contributed by atoms with van der Waals surface area (Å²) in [6, 6.07) is 9.15. The van der Waals surface area contributed by atoms with Crippen molar-refractivity contribution in [2.75, 3.05) is 13.6 Å². The van der Waals surface area contributed by atoms with Crippen LogP contribution in [0.3, 0.4) is 0 Å². The lowest BCUT2D eigenvalue weighted by molar-refractivity contribution is -0.140. The van der Waals surface area contributed by atoms with Gasteiger partial charge in [0.05, 0.1) is 12.6 Å². The molecule has 1 atom stereocenters. The number of nitrogens with zero attached hydrogens (tertiary/aromatic N) is 4. The molecule has 11 heteroatoms. The predicted octanol–water partition coefficient (Wildman–Crippen LogP) is 3.97. The Kier molecular flexibility index (Phi) is 6.75. The molecule has 2 heterocycles. The maximum Gasteiger partial charge on any atom is 0.434 e. The first-order chi connectivity index (χ1) is 13.9. The number of rotatable bonds is 6. The molecule has 0 bridgehead atoms. The summed E-state index contributed by atoms with van der Waals surface area (Å²) < 4.78 is 39.8. The van der Waals surface area contributed by atoms with Gasteiger partial charge in [0.1, 0.15) is 5.01 Å². The van der Waals surface area contributed by atoms with Crippen molar-refractivity contribution in [1.29, 1.82) is 0 Å². The lowest BCUT2D eigenvalue weighted by Crippen LogP contribution is -2.40. The highest BCUT2D eigenvalue weighted by atomic mass is 35.5. The van der Waals surface area contributed by atoms with Crippen LogP contribution in [0.5, 0.6) is 0 Å². The maximum absolute atomic E-state index is 12.7. The van der Waals surface area contributed by atoms with E-state index in [2.05, 4.69) is 25.7 Å². The number of hydrogen-bond donors (Lipinski definition) is 2. The van der Waals surface area contributed by atoms with E-state index in [0.29, 0.717) is 22.5 Å². The SMILES string of the molecule is CN=C(NCc1nc(C(F)(F)F)cs1)NCC(c1ccc(Cl)cc1)n1cccn1. The van der Waals surface area contributed by atoms with Gasteiger partial charge in [-0.25, -0.2) is 4.98 Å². The number of thiazole rings is 1. The van der Waals surface area contributed by atoms with Crippen LogP contribution in [0.1, 0.15) is 22.3 Å². The first-order valence-electron chi connectivity index (χ1n) is 8.57. The monoisotopic (exact) mass is 442 g/mol. The fraction of sp³-hybridized carbons (Fsp3) is 0.278. The van der Waals surface area contributed by atoms with Crippen LogP contribution in [0.2, 0.25) is 5.02 Å². The van der Waals surface area contributed by atoms with Crippen molar-refractivity contribution in [2.45, 2.75) is 18.8 Å². The average Bonchev–Trinajstić information content (AvgIpc) is 3.37. The molecule has 6 nitrogen and oxygen atoms in total. The third-order valence-electron chi connectivity index (χ3n) is 4.03. The number of guanidine groups is 1. The predicted molar refractivity (Wildman–Crippen MR) is 107 cm³/mol. The van der Waals surface area contributed by atoms with Crippen LogP contribution in [-0.4, -0.2) is 34.3 Å². The quantitative estimate of drug-likeness (QED) is 0.448. The molecule has 1 aromatic carbocycles. The highest BCUT2D eigenvalue weighted by Crippen LogP contribution is 2.29. The lowest BCUT2D eigenvalue weighted by Gasteiger charge is -2.20. The molecule has 29 heavy (non-hydrogen) atoms. The molecular formula is C18H18ClF3N6S. The molecule has 0 aliphatic rings. The summed E-state index contributed by atoms with van der Waals surface area (Å²) in [4.78, 5) is 7.72. The largest absolute Gasteiger partial charge is 0.434 e. The number of benzene rings is 1. The van der Waals surface area contributed by atoms with Gasteiger partial charge in [0.2, 0.25) is 0 Å². The molecule has 0 saturated heterocycles. The molecular weight excluding hydrogens is 425 g/mol. The summed E-state index contributed by atoms with van der Waals surface area (Å²) in [6.07, 6.45) is -0.897. The van der Waals surface area contributed by atoms with E-state index in [0.717, 1.165) is 22.3 Å². The Hall–Kier alpha value is -2.59. The molecule has 0 spiro atoms. The Morgan fingerprint density at radius 1 is 1.28 bits per heavy atom. The van der Waals surface area contributed by atoms with Gasteiger partial charge in [0.25, 0.3) is 0 Å². The van der Waals surface area contributed by atoms with E-state index in [1.54, 1.807) is 30.1 Å². The molecule has 0 aliphatic carbocycles. The molecule has 0 aliphatic heterocycles. The first kappa shape index (κ1) is 21.1. The molecule has 0 saturated carbocycles. The van der Waals surface area contributed by atoms with E-state index >= 15 is 0 Å². The number of alkyl halides is 3. The van der Waals surface area contributed by atoms with E-state index in [4.69, 9.17) is 11.6 Å². The summed E-state index contributed by atoms with van der Waals surface area (Å²) in [5.74, 6) is 0.444. The molecule has 154 valence electrons. The van der Waals surface area contributed by atoms with Crippen molar-refractivity contribution in [3.8, 4) is 0 Å². The van der Waals surface area contributed by atoms with Gasteiger partial charge < -0.3 is 10.6 Å². The lowest BCUT2D eigenvalue weighted by atomic mass is 10.1. The minimum atomic E-state index is -4.44. The van der Waals surface area contributed by atoms with Gasteiger partial charge in [-0.3, -0.25) is 9.67 Å². The standard InChI is InChI=1S/C18H18ClF3N6S/c1-23-17(25-10-16-27-15(11-29-16)18(20,21)22)24-9-14(28-8-2-7-26-28)12-3-5-13(19)6-4-12/h2-8,11,14H,9-10H2,1H3,(H2,23,24,25). The van der Waals surface area contributed by atoms with Crippen LogP contribution in [-0.2, 0) is 12.7 Å². The van der Waals surface area contributed by atoms with Gasteiger partial charge in [0, 0.05) is 36.4 Å². The van der Waals surface area contributed by atoms with Crippen LogP contribution in [0.15, 0.2) is 53.1 Å². The van der Waals surface area contributed by atoms with Gasteiger partial charge in [-0.05, 0) is 23.8 Å². The van der Waals surface area contributed by atoms with Gasteiger partial charge in [-0.1, -0.05) is 23.7 Å². The molecule has 1 unspecified atom stereocenters. The normalized spacial score (nSPS) is 13.3. The average molecular weight is 443 g/mol. The van der Waals surface area contributed by atoms with Gasteiger partial charge in [-0.2, -0.15) is 18.3 Å². The second-order valence-corrected chi connectivity index (χ2v) is 7.36. The highest BCUT2D eigenvalue weighted by Gasteiger charge is 2.33. The van der Waals surface area contributed by atoms with E-state index in [-0.39, 0.29) is 12.6 Å². The van der Waals surface area contributed by atoms with E-state index < -0.39 is 11.9 Å². The van der Waals surface area contributed by atoms with Crippen LogP contribution >= 0.6 is 22.9 Å². The topological polar surface area (TPSA) is 67.1 Å². The minimum absolute atomic E-state index is 0.127. The number of aromatic nitrogens is 3. The van der Waals surface area contributed by atoms with Crippen molar-refractivity contribution in [3.63, 3.8) is 0 Å². The third kappa shape index (κ3) is 5.70. The summed E-state index contributed by atoms with van der Waals surface area (Å²) in [6.45, 7) is 0.586. The maximum atomic E-state index is 12.7. The van der Waals surface area contributed by atoms with Crippen LogP contribution in [0.25, 0.3) is 0 Å². The van der Waals surface area contributed by atoms with Crippen molar-refractivity contribution in [2.24, 2.45) is 4.99 Å². The fourth-order valence-electron chi connectivity index (χ4n) is 2.61. The first-order valence-corrected chi connectivity index (χ1v) is 9.83. The van der Waals surface area contributed by atoms with Crippen LogP contribution in [0.4, 0.5) is 13.2 Å². The second kappa shape index (κ2) is 9.27. The van der Waals surface area contributed by atoms with Crippen LogP contribution in [0, 0.1) is 0 Å². The smallest absolute Gasteiger partial charge is 0.354 e. The van der Waals surface area contributed by atoms with E-state index in [1.807, 2.05) is 24.4 Å². The summed E-state index contributed by atoms with van der Waals surface area (Å²) in [7, 11) is 1.59. The van der Waals surface area contributed by atoms with Crippen molar-refractivity contribution >= 4 is 28.9 Å². The summed E-state index contributed by atoms with van der Waals surface area (Å²) >= 11 is 6.92. The molecule has 0 amide bonds. The summed E-state index contributed by atoms with van der Waals surface area (Å²) in [5, 5.41) is 12.4. The minimum Gasteiger partial charge on any atom is -0.354 e. The fourth-order valence-corrected chi connectivity index (χ4v) is 3.48. The molecule has 0 radical (unpaired) electrons. The Morgan fingerprint density at radius 3 is 2.62 bits per heavy atom. The third-order valence-corrected chi connectivity index (χ3v) is 5.14. The van der Waals surface area contributed by atoms with Crippen molar-refractivity contribution in [3.05, 3.63) is 69.4 Å². The molecule has 0 fully saturated rings. The zero-order valence-electron chi connectivity index (χ0n) is 15.3. The second-order valence-electron chi connectivity index (χ2n) is 5.98. The zero-order chi connectivity index (χ0) is 20.9. The Labute approximate surface area is 174 Å².